The normalized spacial score (nSPS) is 10.4. The van der Waals surface area contributed by atoms with Gasteiger partial charge in [-0.15, -0.1) is 0 Å². The Morgan fingerprint density at radius 1 is 0.917 bits per heavy atom. The predicted octanol–water partition coefficient (Wildman–Crippen LogP) is 4.33. The Balaban J connectivity index is 1.76. The Bertz CT molecular complexity index is 827. The van der Waals surface area contributed by atoms with E-state index in [9.17, 15) is 4.39 Å². The highest BCUT2D eigenvalue weighted by molar-refractivity contribution is 7.97. The lowest BCUT2D eigenvalue weighted by Gasteiger charge is -2.10. The molecule has 0 unspecified atom stereocenters. The van der Waals surface area contributed by atoms with Crippen molar-refractivity contribution in [3.63, 3.8) is 0 Å². The highest BCUT2D eigenvalue weighted by Crippen LogP contribution is 2.23. The maximum Gasteiger partial charge on any atom is 0.146 e. The summed E-state index contributed by atoms with van der Waals surface area (Å²) in [5.74, 6) is 0.802. The molecule has 0 fully saturated rings. The van der Waals surface area contributed by atoms with Gasteiger partial charge in [-0.25, -0.2) is 14.4 Å². The van der Waals surface area contributed by atoms with Gasteiger partial charge in [-0.3, -0.25) is 4.72 Å². The Morgan fingerprint density at radius 2 is 1.71 bits per heavy atom. The molecule has 24 heavy (non-hydrogen) atoms. The summed E-state index contributed by atoms with van der Waals surface area (Å²) in [7, 11) is 1.87. The molecule has 0 saturated heterocycles. The molecule has 3 aromatic rings. The summed E-state index contributed by atoms with van der Waals surface area (Å²) in [6.45, 7) is 0. The topological polar surface area (TPSA) is 61.9 Å². The average molecular weight is 341 g/mol. The lowest BCUT2D eigenvalue weighted by atomic mass is 10.3. The van der Waals surface area contributed by atoms with Crippen LogP contribution in [0.5, 0.6) is 0 Å². The van der Waals surface area contributed by atoms with Gasteiger partial charge in [0.15, 0.2) is 0 Å². The number of hydrogen-bond donors (Lipinski definition) is 3. The first-order valence-electron chi connectivity index (χ1n) is 7.29. The molecule has 3 rings (SSSR count). The van der Waals surface area contributed by atoms with Crippen molar-refractivity contribution in [2.45, 2.75) is 4.90 Å². The van der Waals surface area contributed by atoms with E-state index >= 15 is 0 Å². The maximum absolute atomic E-state index is 13.7. The summed E-state index contributed by atoms with van der Waals surface area (Å²) in [5, 5.41) is 6.17. The number of benzene rings is 2. The second-order valence-corrected chi connectivity index (χ2v) is 5.94. The van der Waals surface area contributed by atoms with Crippen LogP contribution in [0.1, 0.15) is 0 Å². The molecule has 2 aromatic carbocycles. The SMILES string of the molecule is CNSc1cccc(Nc2cc(Nc3ccccc3F)ncn2)c1. The van der Waals surface area contributed by atoms with Crippen molar-refractivity contribution in [3.05, 3.63) is 66.7 Å². The zero-order chi connectivity index (χ0) is 16.8. The van der Waals surface area contributed by atoms with Crippen molar-refractivity contribution >= 4 is 35.0 Å². The molecule has 7 heteroatoms. The Kier molecular flexibility index (Phi) is 5.25. The second-order valence-electron chi connectivity index (χ2n) is 4.85. The van der Waals surface area contributed by atoms with E-state index in [4.69, 9.17) is 0 Å². The summed E-state index contributed by atoms with van der Waals surface area (Å²) < 4.78 is 16.7. The number of nitrogens with zero attached hydrogens (tertiary/aromatic N) is 2. The van der Waals surface area contributed by atoms with Gasteiger partial charge in [0.05, 0.1) is 5.69 Å². The second kappa shape index (κ2) is 7.76. The van der Waals surface area contributed by atoms with Gasteiger partial charge < -0.3 is 10.6 Å². The van der Waals surface area contributed by atoms with Crippen LogP contribution in [0.4, 0.5) is 27.4 Å². The summed E-state index contributed by atoms with van der Waals surface area (Å²) in [4.78, 5) is 9.40. The van der Waals surface area contributed by atoms with Crippen LogP contribution in [-0.2, 0) is 0 Å². The number of hydrogen-bond acceptors (Lipinski definition) is 6. The molecule has 5 nitrogen and oxygen atoms in total. The number of nitrogens with one attached hydrogen (secondary N) is 3. The monoisotopic (exact) mass is 341 g/mol. The molecule has 122 valence electrons. The molecule has 0 amide bonds. The first-order valence-corrected chi connectivity index (χ1v) is 8.10. The van der Waals surface area contributed by atoms with Crippen molar-refractivity contribution in [1.29, 1.82) is 0 Å². The molecule has 0 saturated carbocycles. The van der Waals surface area contributed by atoms with E-state index in [1.807, 2.05) is 31.3 Å². The van der Waals surface area contributed by atoms with Crippen LogP contribution in [0.25, 0.3) is 0 Å². The van der Waals surface area contributed by atoms with Crippen molar-refractivity contribution in [2.24, 2.45) is 0 Å². The van der Waals surface area contributed by atoms with E-state index in [1.54, 1.807) is 24.3 Å². The Hall–Kier alpha value is -2.64. The van der Waals surface area contributed by atoms with Gasteiger partial charge in [0, 0.05) is 16.6 Å². The standard InChI is InChI=1S/C17H16FN5S/c1-19-24-13-6-4-5-12(9-13)22-16-10-17(21-11-20-16)23-15-8-3-2-7-14(15)18/h2-11,19H,1H3,(H2,20,21,22,23). The van der Waals surface area contributed by atoms with Gasteiger partial charge >= 0.3 is 0 Å². The average Bonchev–Trinajstić information content (AvgIpc) is 2.58. The number of rotatable bonds is 6. The lowest BCUT2D eigenvalue weighted by Crippen LogP contribution is -2.00. The molecule has 0 aliphatic carbocycles. The van der Waals surface area contributed by atoms with Crippen molar-refractivity contribution in [3.8, 4) is 0 Å². The highest BCUT2D eigenvalue weighted by Gasteiger charge is 2.04. The molecule has 1 aromatic heterocycles. The minimum absolute atomic E-state index is 0.331. The fourth-order valence-electron chi connectivity index (χ4n) is 2.10. The molecule has 1 heterocycles. The Morgan fingerprint density at radius 3 is 2.50 bits per heavy atom. The minimum atomic E-state index is -0.331. The van der Waals surface area contributed by atoms with Gasteiger partial charge in [-0.2, -0.15) is 0 Å². The third-order valence-electron chi connectivity index (χ3n) is 3.13. The number of halogens is 1. The van der Waals surface area contributed by atoms with Gasteiger partial charge in [0.2, 0.25) is 0 Å². The summed E-state index contributed by atoms with van der Waals surface area (Å²) in [6, 6.07) is 16.1. The molecule has 0 aliphatic heterocycles. The van der Waals surface area contributed by atoms with Crippen LogP contribution in [0.3, 0.4) is 0 Å². The molecule has 0 spiro atoms. The number of aromatic nitrogens is 2. The molecule has 0 atom stereocenters. The van der Waals surface area contributed by atoms with E-state index in [-0.39, 0.29) is 5.82 Å². The van der Waals surface area contributed by atoms with Crippen molar-refractivity contribution in [1.82, 2.24) is 14.7 Å². The molecule has 0 aliphatic rings. The number of para-hydroxylation sites is 1. The zero-order valence-corrected chi connectivity index (χ0v) is 13.8. The quantitative estimate of drug-likeness (QED) is 0.580. The van der Waals surface area contributed by atoms with Crippen molar-refractivity contribution in [2.75, 3.05) is 17.7 Å². The lowest BCUT2D eigenvalue weighted by molar-refractivity contribution is 0.632. The summed E-state index contributed by atoms with van der Waals surface area (Å²) >= 11 is 1.53. The Labute approximate surface area is 143 Å². The van der Waals surface area contributed by atoms with E-state index in [0.717, 1.165) is 10.6 Å². The van der Waals surface area contributed by atoms with Crippen LogP contribution in [0, 0.1) is 5.82 Å². The van der Waals surface area contributed by atoms with E-state index in [1.165, 1.54) is 24.3 Å². The fraction of sp³-hybridized carbons (Fsp3) is 0.0588. The van der Waals surface area contributed by atoms with Crippen LogP contribution >= 0.6 is 11.9 Å². The largest absolute Gasteiger partial charge is 0.340 e. The highest BCUT2D eigenvalue weighted by atomic mass is 32.2. The van der Waals surface area contributed by atoms with E-state index < -0.39 is 0 Å². The zero-order valence-electron chi connectivity index (χ0n) is 13.0. The van der Waals surface area contributed by atoms with Gasteiger partial charge in [-0.05, 0) is 49.3 Å². The minimum Gasteiger partial charge on any atom is -0.340 e. The van der Waals surface area contributed by atoms with Gasteiger partial charge in [0.25, 0.3) is 0 Å². The van der Waals surface area contributed by atoms with Gasteiger partial charge in [0.1, 0.15) is 23.8 Å². The van der Waals surface area contributed by atoms with Crippen LogP contribution in [0.2, 0.25) is 0 Å². The van der Waals surface area contributed by atoms with Crippen LogP contribution in [0.15, 0.2) is 65.8 Å². The first kappa shape index (κ1) is 16.2. The first-order chi connectivity index (χ1) is 11.7. The summed E-state index contributed by atoms with van der Waals surface area (Å²) in [5.41, 5.74) is 1.28. The third-order valence-corrected chi connectivity index (χ3v) is 3.82. The summed E-state index contributed by atoms with van der Waals surface area (Å²) in [6.07, 6.45) is 1.43. The van der Waals surface area contributed by atoms with Gasteiger partial charge in [-0.1, -0.05) is 18.2 Å². The molecule has 0 radical (unpaired) electrons. The van der Waals surface area contributed by atoms with Crippen molar-refractivity contribution < 1.29 is 4.39 Å². The fourth-order valence-corrected chi connectivity index (χ4v) is 2.67. The third kappa shape index (κ3) is 4.21. The van der Waals surface area contributed by atoms with E-state index in [0.29, 0.717) is 17.3 Å². The van der Waals surface area contributed by atoms with Crippen LogP contribution in [-0.4, -0.2) is 17.0 Å². The maximum atomic E-state index is 13.7. The molecule has 0 bridgehead atoms. The van der Waals surface area contributed by atoms with Crippen LogP contribution < -0.4 is 15.4 Å². The number of anilines is 4. The molecule has 3 N–H and O–H groups in total. The molecular weight excluding hydrogens is 325 g/mol. The molecular formula is C17H16FN5S. The van der Waals surface area contributed by atoms with E-state index in [2.05, 4.69) is 25.3 Å². The predicted molar refractivity (Wildman–Crippen MR) is 96.4 cm³/mol. The smallest absolute Gasteiger partial charge is 0.146 e.